The van der Waals surface area contributed by atoms with E-state index in [-0.39, 0.29) is 17.4 Å². The number of halogens is 1. The van der Waals surface area contributed by atoms with Gasteiger partial charge < -0.3 is 14.6 Å². The number of rotatable bonds is 9. The van der Waals surface area contributed by atoms with E-state index >= 15 is 0 Å². The number of carbonyl (C=O) groups excluding carboxylic acids is 2. The molecule has 0 saturated heterocycles. The molecule has 2 amide bonds. The second-order valence-corrected chi connectivity index (χ2v) is 11.5. The summed E-state index contributed by atoms with van der Waals surface area (Å²) in [5, 5.41) is 28.0. The maximum Gasteiger partial charge on any atom is 0.411 e. The first-order valence-corrected chi connectivity index (χ1v) is 14.3. The first-order chi connectivity index (χ1) is 22.0. The predicted octanol–water partition coefficient (Wildman–Crippen LogP) is 4.04. The zero-order valence-corrected chi connectivity index (χ0v) is 25.9. The number of tetrazole rings is 1. The second kappa shape index (κ2) is 13.5. The molecule has 0 radical (unpaired) electrons. The lowest BCUT2D eigenvalue weighted by atomic mass is 9.97. The van der Waals surface area contributed by atoms with Crippen LogP contribution in [0.5, 0.6) is 0 Å². The molecule has 15 nitrogen and oxygen atoms in total. The largest absolute Gasteiger partial charge is 0.453 e. The van der Waals surface area contributed by atoms with Gasteiger partial charge in [0.1, 0.15) is 6.33 Å². The van der Waals surface area contributed by atoms with Gasteiger partial charge in [-0.2, -0.15) is 14.8 Å². The zero-order chi connectivity index (χ0) is 32.8. The number of benzene rings is 2. The number of hydrogen-bond donors (Lipinski definition) is 3. The summed E-state index contributed by atoms with van der Waals surface area (Å²) >= 11 is 6.22. The highest BCUT2D eigenvalue weighted by Gasteiger charge is 2.25. The minimum Gasteiger partial charge on any atom is -0.453 e. The third-order valence-electron chi connectivity index (χ3n) is 6.62. The van der Waals surface area contributed by atoms with Gasteiger partial charge >= 0.3 is 6.09 Å². The van der Waals surface area contributed by atoms with Crippen LogP contribution < -0.4 is 16.2 Å². The Hall–Kier alpha value is -5.70. The molecule has 5 aromatic rings. The van der Waals surface area contributed by atoms with Crippen molar-refractivity contribution in [3.8, 4) is 16.8 Å². The van der Waals surface area contributed by atoms with Gasteiger partial charge in [-0.3, -0.25) is 14.9 Å². The molecule has 5 rings (SSSR count). The summed E-state index contributed by atoms with van der Waals surface area (Å²) < 4.78 is 11.5. The van der Waals surface area contributed by atoms with Crippen LogP contribution in [0, 0.1) is 0 Å². The van der Waals surface area contributed by atoms with Crippen LogP contribution in [-0.4, -0.2) is 59.7 Å². The van der Waals surface area contributed by atoms with E-state index < -0.39 is 23.6 Å². The summed E-state index contributed by atoms with van der Waals surface area (Å²) in [4.78, 5) is 42.2. The lowest BCUT2D eigenvalue weighted by molar-refractivity contribution is -0.117. The molecule has 3 N–H and O–H groups in total. The number of aromatic amines is 1. The molecule has 3 aromatic heterocycles. The molecule has 3 heterocycles. The van der Waals surface area contributed by atoms with E-state index in [0.29, 0.717) is 44.9 Å². The molecule has 0 saturated carbocycles. The Balaban J connectivity index is 1.45. The molecule has 0 spiro atoms. The molecule has 2 aromatic carbocycles. The average Bonchev–Trinajstić information content (AvgIpc) is 3.74. The third-order valence-corrected chi connectivity index (χ3v) is 6.86. The summed E-state index contributed by atoms with van der Waals surface area (Å²) in [5.41, 5.74) is 2.02. The number of hydrogen-bond acceptors (Lipinski definition) is 11. The molecule has 0 bridgehead atoms. The Morgan fingerprint density at radius 1 is 1.15 bits per heavy atom. The van der Waals surface area contributed by atoms with Gasteiger partial charge in [0, 0.05) is 34.2 Å². The SMILES string of the molecule is COC(=O)Nc1ccc(-c2cc(C(Cc3noc(C(C)(C)C)n3)NC(=O)/C=C/c3cc(Cl)ccc3-n3cnnn3)n[nH]c2=O)cc1. The number of methoxy groups -OCH3 is 1. The molecule has 236 valence electrons. The van der Waals surface area contributed by atoms with Gasteiger partial charge in [-0.05, 0) is 58.5 Å². The topological polar surface area (TPSA) is 196 Å². The highest BCUT2D eigenvalue weighted by molar-refractivity contribution is 6.30. The van der Waals surface area contributed by atoms with Crippen LogP contribution in [0.15, 0.2) is 70.3 Å². The molecule has 1 unspecified atom stereocenters. The van der Waals surface area contributed by atoms with Crippen molar-refractivity contribution in [3.63, 3.8) is 0 Å². The normalized spacial score (nSPS) is 12.2. The van der Waals surface area contributed by atoms with Crippen LogP contribution in [0.2, 0.25) is 5.02 Å². The van der Waals surface area contributed by atoms with Crippen molar-refractivity contribution in [3.05, 3.63) is 99.3 Å². The van der Waals surface area contributed by atoms with Gasteiger partial charge in [0.2, 0.25) is 11.8 Å². The van der Waals surface area contributed by atoms with Crippen molar-refractivity contribution >= 4 is 35.4 Å². The number of nitrogens with one attached hydrogen (secondary N) is 3. The van der Waals surface area contributed by atoms with Crippen LogP contribution in [-0.2, 0) is 21.4 Å². The van der Waals surface area contributed by atoms with Crippen LogP contribution in [0.3, 0.4) is 0 Å². The van der Waals surface area contributed by atoms with Crippen molar-refractivity contribution in [2.45, 2.75) is 38.6 Å². The van der Waals surface area contributed by atoms with Gasteiger partial charge in [-0.1, -0.05) is 49.7 Å². The zero-order valence-electron chi connectivity index (χ0n) is 25.2. The molecular weight excluding hydrogens is 616 g/mol. The van der Waals surface area contributed by atoms with Gasteiger partial charge in [-0.25, -0.2) is 9.89 Å². The quantitative estimate of drug-likeness (QED) is 0.196. The second-order valence-electron chi connectivity index (χ2n) is 11.1. The van der Waals surface area contributed by atoms with E-state index in [0.717, 1.165) is 0 Å². The summed E-state index contributed by atoms with van der Waals surface area (Å²) in [6, 6.07) is 12.5. The molecule has 0 fully saturated rings. The van der Waals surface area contributed by atoms with E-state index in [1.807, 2.05) is 20.8 Å². The minimum absolute atomic E-state index is 0.104. The number of amides is 2. The minimum atomic E-state index is -0.781. The van der Waals surface area contributed by atoms with Crippen LogP contribution >= 0.6 is 11.6 Å². The lowest BCUT2D eigenvalue weighted by Crippen LogP contribution is -2.30. The molecule has 0 aliphatic carbocycles. The summed E-state index contributed by atoms with van der Waals surface area (Å²) in [5.74, 6) is 0.294. The number of carbonyl (C=O) groups is 2. The predicted molar refractivity (Wildman–Crippen MR) is 167 cm³/mol. The fraction of sp³-hybridized carbons (Fsp3) is 0.233. The Morgan fingerprint density at radius 3 is 2.61 bits per heavy atom. The average molecular weight is 645 g/mol. The van der Waals surface area contributed by atoms with Gasteiger partial charge in [0.05, 0.1) is 30.1 Å². The number of nitrogens with zero attached hydrogens (tertiary/aromatic N) is 7. The number of anilines is 1. The first-order valence-electron chi connectivity index (χ1n) is 13.9. The monoisotopic (exact) mass is 644 g/mol. The van der Waals surface area contributed by atoms with E-state index in [1.165, 1.54) is 24.2 Å². The van der Waals surface area contributed by atoms with Gasteiger partial charge in [0.15, 0.2) is 5.82 Å². The first kappa shape index (κ1) is 31.7. The van der Waals surface area contributed by atoms with Gasteiger partial charge in [-0.15, -0.1) is 5.10 Å². The highest BCUT2D eigenvalue weighted by Crippen LogP contribution is 2.25. The fourth-order valence-electron chi connectivity index (χ4n) is 4.29. The van der Waals surface area contributed by atoms with Crippen LogP contribution in [0.4, 0.5) is 10.5 Å². The Kier molecular flexibility index (Phi) is 9.32. The maximum absolute atomic E-state index is 13.3. The number of H-pyrrole nitrogens is 1. The number of ether oxygens (including phenoxy) is 1. The van der Waals surface area contributed by atoms with Gasteiger partial charge in [0.25, 0.3) is 5.56 Å². The highest BCUT2D eigenvalue weighted by atomic mass is 35.5. The Labute approximate surface area is 267 Å². The fourth-order valence-corrected chi connectivity index (χ4v) is 4.47. The molecule has 46 heavy (non-hydrogen) atoms. The maximum atomic E-state index is 13.3. The van der Waals surface area contributed by atoms with E-state index in [2.05, 4.69) is 51.2 Å². The van der Waals surface area contributed by atoms with E-state index in [9.17, 15) is 14.4 Å². The molecule has 0 aliphatic rings. The smallest absolute Gasteiger partial charge is 0.411 e. The summed E-state index contributed by atoms with van der Waals surface area (Å²) in [6.07, 6.45) is 3.82. The van der Waals surface area contributed by atoms with Crippen molar-refractivity contribution in [1.29, 1.82) is 0 Å². The lowest BCUT2D eigenvalue weighted by Gasteiger charge is -2.16. The van der Waals surface area contributed by atoms with Crippen molar-refractivity contribution < 1.29 is 18.8 Å². The molecular formula is C30H29ClN10O5. The van der Waals surface area contributed by atoms with Crippen molar-refractivity contribution in [1.82, 2.24) is 45.9 Å². The van der Waals surface area contributed by atoms with E-state index in [4.69, 9.17) is 16.1 Å². The number of aromatic nitrogens is 8. The van der Waals surface area contributed by atoms with Crippen molar-refractivity contribution in [2.75, 3.05) is 12.4 Å². The van der Waals surface area contributed by atoms with Crippen LogP contribution in [0.25, 0.3) is 22.9 Å². The summed E-state index contributed by atoms with van der Waals surface area (Å²) in [7, 11) is 1.26. The molecule has 0 aliphatic heterocycles. The summed E-state index contributed by atoms with van der Waals surface area (Å²) in [6.45, 7) is 5.82. The Morgan fingerprint density at radius 2 is 1.93 bits per heavy atom. The Bertz CT molecular complexity index is 1930. The third kappa shape index (κ3) is 7.68. The standard InChI is InChI=1S/C30H29ClN10O5/c1-30(2,3)28-35-25(38-46-28)15-22(34-26(42)12-7-18-13-19(31)8-11-24(18)41-16-32-39-40-41)23-14-21(27(43)37-36-23)17-5-9-20(10-6-17)33-29(44)45-4/h5-14,16,22H,15H2,1-4H3,(H,33,44)(H,34,42)(H,37,43)/b12-7+. The van der Waals surface area contributed by atoms with Crippen LogP contribution in [0.1, 0.15) is 49.8 Å². The van der Waals surface area contributed by atoms with Crippen molar-refractivity contribution in [2.24, 2.45) is 0 Å². The molecule has 1 atom stereocenters. The van der Waals surface area contributed by atoms with E-state index in [1.54, 1.807) is 54.6 Å². The molecule has 16 heteroatoms.